The Labute approximate surface area is 120 Å². The van der Waals surface area contributed by atoms with Crippen LogP contribution in [0.5, 0.6) is 5.75 Å². The topological polar surface area (TPSA) is 35.2 Å². The summed E-state index contributed by atoms with van der Waals surface area (Å²) in [6.07, 6.45) is 0.768. The van der Waals surface area contributed by atoms with Gasteiger partial charge in [0.25, 0.3) is 0 Å². The van der Waals surface area contributed by atoms with Crippen LogP contribution in [0.2, 0.25) is 0 Å². The third-order valence-electron chi connectivity index (χ3n) is 3.09. The van der Waals surface area contributed by atoms with E-state index in [9.17, 15) is 0 Å². The largest absolute Gasteiger partial charge is 0.496 e. The number of ether oxygens (including phenoxy) is 1. The molecular weight excluding hydrogens is 258 g/mol. The van der Waals surface area contributed by atoms with E-state index in [0.29, 0.717) is 0 Å². The smallest absolute Gasteiger partial charge is 0.124 e. The molecule has 0 bridgehead atoms. The standard InChI is InChI=1S/C16H19NO.ClH/c1-11(2)10-14(17)16-13-7-5-4-6-12(13)8-9-15(16)18-3;/h4-9,14H,1,10,17H2,2-3H3;1H/t14-;/m1./s1. The number of benzene rings is 2. The molecule has 0 amide bonds. The molecule has 2 rings (SSSR count). The van der Waals surface area contributed by atoms with E-state index < -0.39 is 0 Å². The minimum atomic E-state index is -0.0800. The lowest BCUT2D eigenvalue weighted by Gasteiger charge is -2.18. The minimum absolute atomic E-state index is 0. The fraction of sp³-hybridized carbons (Fsp3) is 0.250. The van der Waals surface area contributed by atoms with Crippen molar-refractivity contribution in [2.45, 2.75) is 19.4 Å². The maximum atomic E-state index is 6.30. The molecule has 0 aromatic heterocycles. The van der Waals surface area contributed by atoms with Gasteiger partial charge in [0.1, 0.15) is 5.75 Å². The summed E-state index contributed by atoms with van der Waals surface area (Å²) >= 11 is 0. The van der Waals surface area contributed by atoms with Crippen LogP contribution in [-0.2, 0) is 0 Å². The molecule has 3 heteroatoms. The molecule has 0 unspecified atom stereocenters. The van der Waals surface area contributed by atoms with Gasteiger partial charge in [-0.15, -0.1) is 19.0 Å². The third kappa shape index (κ3) is 3.28. The van der Waals surface area contributed by atoms with Crippen LogP contribution in [0.3, 0.4) is 0 Å². The second-order valence-electron chi connectivity index (χ2n) is 4.67. The molecule has 0 saturated carbocycles. The highest BCUT2D eigenvalue weighted by Gasteiger charge is 2.15. The van der Waals surface area contributed by atoms with Crippen molar-refractivity contribution in [2.24, 2.45) is 5.73 Å². The van der Waals surface area contributed by atoms with Gasteiger partial charge in [0.2, 0.25) is 0 Å². The van der Waals surface area contributed by atoms with Crippen LogP contribution in [-0.4, -0.2) is 7.11 Å². The van der Waals surface area contributed by atoms with Crippen molar-refractivity contribution < 1.29 is 4.74 Å². The Balaban J connectivity index is 0.00000180. The van der Waals surface area contributed by atoms with Crippen molar-refractivity contribution in [1.82, 2.24) is 0 Å². The Morgan fingerprint density at radius 2 is 1.95 bits per heavy atom. The highest BCUT2D eigenvalue weighted by atomic mass is 35.5. The first-order chi connectivity index (χ1) is 8.63. The molecule has 102 valence electrons. The molecule has 0 saturated heterocycles. The molecule has 0 aliphatic heterocycles. The van der Waals surface area contributed by atoms with Crippen LogP contribution < -0.4 is 10.5 Å². The lowest BCUT2D eigenvalue weighted by Crippen LogP contribution is -2.12. The summed E-state index contributed by atoms with van der Waals surface area (Å²) in [5.41, 5.74) is 8.45. The molecule has 0 fully saturated rings. The first-order valence-corrected chi connectivity index (χ1v) is 6.09. The van der Waals surface area contributed by atoms with E-state index in [1.165, 1.54) is 5.39 Å². The van der Waals surface area contributed by atoms with Gasteiger partial charge in [0, 0.05) is 11.6 Å². The lowest BCUT2D eigenvalue weighted by atomic mass is 9.94. The fourth-order valence-corrected chi connectivity index (χ4v) is 2.31. The van der Waals surface area contributed by atoms with Crippen molar-refractivity contribution in [3.8, 4) is 5.75 Å². The number of rotatable bonds is 4. The minimum Gasteiger partial charge on any atom is -0.496 e. The molecule has 1 atom stereocenters. The number of methoxy groups -OCH3 is 1. The molecule has 0 aliphatic rings. The highest BCUT2D eigenvalue weighted by molar-refractivity contribution is 5.88. The predicted octanol–water partition coefficient (Wildman–Crippen LogP) is 4.24. The molecule has 2 N–H and O–H groups in total. The van der Waals surface area contributed by atoms with E-state index in [1.54, 1.807) is 7.11 Å². The van der Waals surface area contributed by atoms with Gasteiger partial charge in [-0.25, -0.2) is 0 Å². The summed E-state index contributed by atoms with van der Waals surface area (Å²) < 4.78 is 5.45. The zero-order valence-electron chi connectivity index (χ0n) is 11.3. The third-order valence-corrected chi connectivity index (χ3v) is 3.09. The van der Waals surface area contributed by atoms with E-state index in [1.807, 2.05) is 25.1 Å². The summed E-state index contributed by atoms with van der Waals surface area (Å²) in [5.74, 6) is 0.849. The monoisotopic (exact) mass is 277 g/mol. The van der Waals surface area contributed by atoms with Gasteiger partial charge in [0.15, 0.2) is 0 Å². The number of nitrogens with two attached hydrogens (primary N) is 1. The number of fused-ring (bicyclic) bond motifs is 1. The zero-order valence-corrected chi connectivity index (χ0v) is 12.2. The Hall–Kier alpha value is -1.51. The highest BCUT2D eigenvalue weighted by Crippen LogP contribution is 2.34. The van der Waals surface area contributed by atoms with Crippen molar-refractivity contribution in [2.75, 3.05) is 7.11 Å². The maximum Gasteiger partial charge on any atom is 0.124 e. The zero-order chi connectivity index (χ0) is 13.1. The lowest BCUT2D eigenvalue weighted by molar-refractivity contribution is 0.406. The Bertz CT molecular complexity index is 580. The van der Waals surface area contributed by atoms with Gasteiger partial charge in [-0.2, -0.15) is 0 Å². The fourth-order valence-electron chi connectivity index (χ4n) is 2.31. The number of halogens is 1. The van der Waals surface area contributed by atoms with Crippen molar-refractivity contribution in [1.29, 1.82) is 0 Å². The molecule has 2 aromatic rings. The van der Waals surface area contributed by atoms with Crippen LogP contribution in [0.15, 0.2) is 48.6 Å². The van der Waals surface area contributed by atoms with Gasteiger partial charge in [0.05, 0.1) is 7.11 Å². The van der Waals surface area contributed by atoms with E-state index in [0.717, 1.165) is 28.7 Å². The Kier molecular flexibility index (Phi) is 5.40. The number of hydrogen-bond donors (Lipinski definition) is 1. The second kappa shape index (κ2) is 6.60. The predicted molar refractivity (Wildman–Crippen MR) is 84.1 cm³/mol. The molecule has 2 nitrogen and oxygen atoms in total. The van der Waals surface area contributed by atoms with Gasteiger partial charge < -0.3 is 10.5 Å². The normalized spacial score (nSPS) is 11.7. The van der Waals surface area contributed by atoms with Gasteiger partial charge in [-0.3, -0.25) is 0 Å². The quantitative estimate of drug-likeness (QED) is 0.849. The average molecular weight is 278 g/mol. The number of hydrogen-bond acceptors (Lipinski definition) is 2. The SMILES string of the molecule is C=C(C)C[C@@H](N)c1c(OC)ccc2ccccc12.Cl. The maximum absolute atomic E-state index is 6.30. The van der Waals surface area contributed by atoms with E-state index in [-0.39, 0.29) is 18.4 Å². The molecule has 0 heterocycles. The average Bonchev–Trinajstić information content (AvgIpc) is 2.36. The van der Waals surface area contributed by atoms with Crippen molar-refractivity contribution in [3.63, 3.8) is 0 Å². The molecule has 19 heavy (non-hydrogen) atoms. The summed E-state index contributed by atoms with van der Waals surface area (Å²) in [4.78, 5) is 0. The molecule has 0 radical (unpaired) electrons. The van der Waals surface area contributed by atoms with Crippen LogP contribution in [0.4, 0.5) is 0 Å². The van der Waals surface area contributed by atoms with Gasteiger partial charge in [-0.1, -0.05) is 35.9 Å². The summed E-state index contributed by atoms with van der Waals surface area (Å²) in [7, 11) is 1.68. The van der Waals surface area contributed by atoms with Gasteiger partial charge in [-0.05, 0) is 30.2 Å². The van der Waals surface area contributed by atoms with Crippen LogP contribution >= 0.6 is 12.4 Å². The second-order valence-corrected chi connectivity index (χ2v) is 4.67. The van der Waals surface area contributed by atoms with E-state index in [4.69, 9.17) is 10.5 Å². The van der Waals surface area contributed by atoms with Crippen LogP contribution in [0, 0.1) is 0 Å². The van der Waals surface area contributed by atoms with E-state index >= 15 is 0 Å². The van der Waals surface area contributed by atoms with Crippen molar-refractivity contribution >= 4 is 23.2 Å². The first-order valence-electron chi connectivity index (χ1n) is 6.09. The summed E-state index contributed by atoms with van der Waals surface area (Å²) in [5, 5.41) is 2.34. The first kappa shape index (κ1) is 15.5. The van der Waals surface area contributed by atoms with Crippen LogP contribution in [0.1, 0.15) is 24.9 Å². The van der Waals surface area contributed by atoms with E-state index in [2.05, 4.69) is 24.8 Å². The van der Waals surface area contributed by atoms with Gasteiger partial charge >= 0.3 is 0 Å². The Morgan fingerprint density at radius 3 is 2.58 bits per heavy atom. The molecule has 2 aromatic carbocycles. The molecule has 0 spiro atoms. The van der Waals surface area contributed by atoms with Crippen LogP contribution in [0.25, 0.3) is 10.8 Å². The van der Waals surface area contributed by atoms with Crippen molar-refractivity contribution in [3.05, 3.63) is 54.1 Å². The molecule has 0 aliphatic carbocycles. The Morgan fingerprint density at radius 1 is 1.26 bits per heavy atom. The summed E-state index contributed by atoms with van der Waals surface area (Å²) in [6, 6.07) is 12.2. The molecular formula is C16H20ClNO. The summed E-state index contributed by atoms with van der Waals surface area (Å²) in [6.45, 7) is 5.93.